The van der Waals surface area contributed by atoms with Crippen LogP contribution in [0.25, 0.3) is 10.8 Å². The van der Waals surface area contributed by atoms with Crippen LogP contribution in [0.4, 0.5) is 0 Å². The van der Waals surface area contributed by atoms with Gasteiger partial charge in [-0.1, -0.05) is 44.2 Å². The summed E-state index contributed by atoms with van der Waals surface area (Å²) in [5.41, 5.74) is 4.19. The fourth-order valence-electron chi connectivity index (χ4n) is 2.18. The number of nitrogens with one attached hydrogen (secondary N) is 1. The summed E-state index contributed by atoms with van der Waals surface area (Å²) in [6.45, 7) is 6.19. The lowest BCUT2D eigenvalue weighted by atomic mass is 10.1. The molecule has 20 heavy (non-hydrogen) atoms. The largest absolute Gasteiger partial charge is 0.271 e. The molecule has 0 heterocycles. The first-order valence-corrected chi connectivity index (χ1v) is 6.88. The first-order valence-electron chi connectivity index (χ1n) is 6.88. The predicted molar refractivity (Wildman–Crippen MR) is 84.0 cm³/mol. The van der Waals surface area contributed by atoms with Gasteiger partial charge in [0, 0.05) is 11.3 Å². The number of carbonyl (C=O) groups is 1. The standard InChI is InChI=1S/C17H20N2O/c1-12(2)10-13(3)18-19-17(20)16-9-8-14-6-4-5-7-15(14)11-16/h4-9,11-12H,10H2,1-3H3,(H,19,20)/b18-13-. The van der Waals surface area contributed by atoms with Crippen LogP contribution in [0.1, 0.15) is 37.6 Å². The third-order valence-electron chi connectivity index (χ3n) is 3.06. The van der Waals surface area contributed by atoms with Crippen molar-refractivity contribution in [3.05, 3.63) is 48.0 Å². The van der Waals surface area contributed by atoms with E-state index in [1.807, 2.05) is 49.4 Å². The molecule has 1 N–H and O–H groups in total. The van der Waals surface area contributed by atoms with Crippen molar-refractivity contribution in [3.63, 3.8) is 0 Å². The van der Waals surface area contributed by atoms with E-state index >= 15 is 0 Å². The van der Waals surface area contributed by atoms with Crippen LogP contribution in [0.15, 0.2) is 47.6 Å². The lowest BCUT2D eigenvalue weighted by Gasteiger charge is -2.05. The van der Waals surface area contributed by atoms with E-state index in [1.165, 1.54) is 0 Å². The summed E-state index contributed by atoms with van der Waals surface area (Å²) in [6, 6.07) is 13.6. The molecule has 0 saturated heterocycles. The van der Waals surface area contributed by atoms with Crippen LogP contribution >= 0.6 is 0 Å². The van der Waals surface area contributed by atoms with Crippen LogP contribution in [-0.2, 0) is 0 Å². The fourth-order valence-corrected chi connectivity index (χ4v) is 2.18. The first kappa shape index (κ1) is 14.3. The number of hydrogen-bond donors (Lipinski definition) is 1. The van der Waals surface area contributed by atoms with Crippen molar-refractivity contribution in [1.82, 2.24) is 5.43 Å². The van der Waals surface area contributed by atoms with Crippen LogP contribution in [0.3, 0.4) is 0 Å². The topological polar surface area (TPSA) is 41.5 Å². The molecule has 0 fully saturated rings. The van der Waals surface area contributed by atoms with Gasteiger partial charge in [0.15, 0.2) is 0 Å². The van der Waals surface area contributed by atoms with Gasteiger partial charge in [-0.25, -0.2) is 5.43 Å². The summed E-state index contributed by atoms with van der Waals surface area (Å²) >= 11 is 0. The lowest BCUT2D eigenvalue weighted by molar-refractivity contribution is 0.0955. The Labute approximate surface area is 119 Å². The zero-order chi connectivity index (χ0) is 14.5. The fraction of sp³-hybridized carbons (Fsp3) is 0.294. The normalized spacial score (nSPS) is 11.9. The Hall–Kier alpha value is -2.16. The van der Waals surface area contributed by atoms with E-state index in [-0.39, 0.29) is 5.91 Å². The molecule has 104 valence electrons. The van der Waals surface area contributed by atoms with Crippen LogP contribution in [-0.4, -0.2) is 11.6 Å². The first-order chi connectivity index (χ1) is 9.56. The maximum absolute atomic E-state index is 12.1. The number of rotatable bonds is 4. The number of hydrogen-bond acceptors (Lipinski definition) is 2. The van der Waals surface area contributed by atoms with Gasteiger partial charge in [0.1, 0.15) is 0 Å². The molecule has 3 nitrogen and oxygen atoms in total. The zero-order valence-corrected chi connectivity index (χ0v) is 12.2. The molecule has 2 rings (SSSR count). The molecule has 0 bridgehead atoms. The molecule has 0 aliphatic carbocycles. The summed E-state index contributed by atoms with van der Waals surface area (Å²) in [4.78, 5) is 12.1. The Morgan fingerprint density at radius 3 is 2.55 bits per heavy atom. The van der Waals surface area contributed by atoms with Crippen molar-refractivity contribution < 1.29 is 4.79 Å². The Morgan fingerprint density at radius 2 is 1.85 bits per heavy atom. The minimum absolute atomic E-state index is 0.168. The van der Waals surface area contributed by atoms with E-state index in [0.29, 0.717) is 11.5 Å². The van der Waals surface area contributed by atoms with Gasteiger partial charge in [0.05, 0.1) is 0 Å². The van der Waals surface area contributed by atoms with Gasteiger partial charge in [0.25, 0.3) is 5.91 Å². The SMILES string of the molecule is C/C(CC(C)C)=N/NC(=O)c1ccc2ccccc2c1. The second kappa shape index (κ2) is 6.33. The molecule has 0 aliphatic rings. The second-order valence-corrected chi connectivity index (χ2v) is 5.45. The van der Waals surface area contributed by atoms with E-state index in [9.17, 15) is 4.79 Å². The summed E-state index contributed by atoms with van der Waals surface area (Å²) in [5, 5.41) is 6.32. The molecule has 0 radical (unpaired) electrons. The van der Waals surface area contributed by atoms with Crippen molar-refractivity contribution in [2.45, 2.75) is 27.2 Å². The van der Waals surface area contributed by atoms with Crippen molar-refractivity contribution >= 4 is 22.4 Å². The van der Waals surface area contributed by atoms with E-state index in [1.54, 1.807) is 0 Å². The zero-order valence-electron chi connectivity index (χ0n) is 12.2. The quantitative estimate of drug-likeness (QED) is 0.661. The van der Waals surface area contributed by atoms with Crippen LogP contribution < -0.4 is 5.43 Å². The smallest absolute Gasteiger partial charge is 0.267 e. The molecule has 2 aromatic carbocycles. The molecule has 0 saturated carbocycles. The minimum Gasteiger partial charge on any atom is -0.267 e. The summed E-state index contributed by atoms with van der Waals surface area (Å²) in [5.74, 6) is 0.371. The van der Waals surface area contributed by atoms with Gasteiger partial charge in [-0.3, -0.25) is 4.79 Å². The van der Waals surface area contributed by atoms with Crippen molar-refractivity contribution in [3.8, 4) is 0 Å². The highest BCUT2D eigenvalue weighted by Crippen LogP contribution is 2.15. The average molecular weight is 268 g/mol. The minimum atomic E-state index is -0.168. The molecule has 0 aromatic heterocycles. The van der Waals surface area contributed by atoms with Gasteiger partial charge in [0.2, 0.25) is 0 Å². The van der Waals surface area contributed by atoms with Crippen molar-refractivity contribution in [2.75, 3.05) is 0 Å². The highest BCUT2D eigenvalue weighted by atomic mass is 16.2. The number of carbonyl (C=O) groups excluding carboxylic acids is 1. The summed E-state index contributed by atoms with van der Waals surface area (Å²) < 4.78 is 0. The molecule has 0 aliphatic heterocycles. The molecular formula is C17H20N2O. The second-order valence-electron chi connectivity index (χ2n) is 5.45. The van der Waals surface area contributed by atoms with Gasteiger partial charge in [-0.15, -0.1) is 0 Å². The molecule has 3 heteroatoms. The number of nitrogens with zero attached hydrogens (tertiary/aromatic N) is 1. The summed E-state index contributed by atoms with van der Waals surface area (Å²) in [7, 11) is 0. The maximum Gasteiger partial charge on any atom is 0.271 e. The van der Waals surface area contributed by atoms with Gasteiger partial charge in [-0.05, 0) is 42.2 Å². The highest BCUT2D eigenvalue weighted by molar-refractivity contribution is 5.99. The Kier molecular flexibility index (Phi) is 4.51. The molecule has 0 atom stereocenters. The van der Waals surface area contributed by atoms with E-state index in [2.05, 4.69) is 24.4 Å². The monoisotopic (exact) mass is 268 g/mol. The lowest BCUT2D eigenvalue weighted by Crippen LogP contribution is -2.19. The van der Waals surface area contributed by atoms with Crippen molar-refractivity contribution in [1.29, 1.82) is 0 Å². The highest BCUT2D eigenvalue weighted by Gasteiger charge is 2.05. The molecule has 0 spiro atoms. The van der Waals surface area contributed by atoms with Crippen LogP contribution in [0.2, 0.25) is 0 Å². The van der Waals surface area contributed by atoms with Gasteiger partial charge >= 0.3 is 0 Å². The number of hydrazone groups is 1. The molecule has 1 amide bonds. The maximum atomic E-state index is 12.1. The molecule has 0 unspecified atom stereocenters. The van der Waals surface area contributed by atoms with E-state index in [0.717, 1.165) is 22.9 Å². The van der Waals surface area contributed by atoms with Crippen LogP contribution in [0, 0.1) is 5.92 Å². The number of amides is 1. The third kappa shape index (κ3) is 3.67. The van der Waals surface area contributed by atoms with Gasteiger partial charge < -0.3 is 0 Å². The Bertz CT molecular complexity index is 644. The summed E-state index contributed by atoms with van der Waals surface area (Å²) in [6.07, 6.45) is 0.887. The number of benzene rings is 2. The van der Waals surface area contributed by atoms with E-state index in [4.69, 9.17) is 0 Å². The average Bonchev–Trinajstić information content (AvgIpc) is 2.43. The Morgan fingerprint density at radius 1 is 1.15 bits per heavy atom. The van der Waals surface area contributed by atoms with Crippen LogP contribution in [0.5, 0.6) is 0 Å². The predicted octanol–water partition coefficient (Wildman–Crippen LogP) is 3.99. The molecular weight excluding hydrogens is 248 g/mol. The van der Waals surface area contributed by atoms with Crippen molar-refractivity contribution in [2.24, 2.45) is 11.0 Å². The molecule has 2 aromatic rings. The van der Waals surface area contributed by atoms with E-state index < -0.39 is 0 Å². The number of fused-ring (bicyclic) bond motifs is 1. The third-order valence-corrected chi connectivity index (χ3v) is 3.06. The van der Waals surface area contributed by atoms with Gasteiger partial charge in [-0.2, -0.15) is 5.10 Å². The Balaban J connectivity index is 2.11.